The van der Waals surface area contributed by atoms with Crippen LogP contribution in [-0.4, -0.2) is 15.2 Å². The lowest BCUT2D eigenvalue weighted by molar-refractivity contribution is -0.384. The molecule has 0 saturated heterocycles. The summed E-state index contributed by atoms with van der Waals surface area (Å²) in [5.41, 5.74) is 5.83. The Bertz CT molecular complexity index is 379. The molecule has 0 aliphatic carbocycles. The molecule has 2 N–H and O–H groups in total. The number of halogens is 1. The molecule has 74 valence electrons. The Labute approximate surface area is 88.9 Å². The van der Waals surface area contributed by atoms with Crippen LogP contribution in [-0.2, 0) is 0 Å². The van der Waals surface area contributed by atoms with Gasteiger partial charge in [-0.25, -0.2) is 4.98 Å². The number of hydrogen-bond acceptors (Lipinski definition) is 4. The van der Waals surface area contributed by atoms with E-state index in [4.69, 9.17) is 5.73 Å². The van der Waals surface area contributed by atoms with Gasteiger partial charge in [0.05, 0.1) is 4.92 Å². The van der Waals surface area contributed by atoms with Gasteiger partial charge in [-0.1, -0.05) is 28.1 Å². The maximum absolute atomic E-state index is 10.5. The normalized spacial score (nSPS) is 10.6. The minimum Gasteiger partial charge on any atom is -0.378 e. The topological polar surface area (TPSA) is 82.0 Å². The van der Waals surface area contributed by atoms with Crippen molar-refractivity contribution in [3.63, 3.8) is 0 Å². The number of anilines is 1. The number of aromatic nitrogens is 1. The third-order valence-corrected chi connectivity index (χ3v) is 1.89. The van der Waals surface area contributed by atoms with Crippen molar-refractivity contribution in [2.24, 2.45) is 0 Å². The molecule has 0 unspecified atom stereocenters. The summed E-state index contributed by atoms with van der Waals surface area (Å²) in [5.74, 6) is -0.0639. The van der Waals surface area contributed by atoms with Crippen LogP contribution in [0, 0.1) is 10.1 Å². The van der Waals surface area contributed by atoms with Gasteiger partial charge in [-0.15, -0.1) is 0 Å². The lowest BCUT2D eigenvalue weighted by atomic mass is 10.2. The van der Waals surface area contributed by atoms with Crippen LogP contribution in [0.2, 0.25) is 0 Å². The molecule has 0 amide bonds. The summed E-state index contributed by atoms with van der Waals surface area (Å²) in [5, 5.41) is 11.2. The summed E-state index contributed by atoms with van der Waals surface area (Å²) in [6.45, 7) is 0. The third-order valence-electron chi connectivity index (χ3n) is 1.51. The largest absolute Gasteiger partial charge is 0.378 e. The van der Waals surface area contributed by atoms with E-state index < -0.39 is 4.92 Å². The Hall–Kier alpha value is -1.43. The summed E-state index contributed by atoms with van der Waals surface area (Å²) >= 11 is 3.20. The SMILES string of the molecule is Nc1ncc(C=CCBr)cc1[N+](=O)[O-]. The smallest absolute Gasteiger partial charge is 0.311 e. The van der Waals surface area contributed by atoms with Crippen molar-refractivity contribution < 1.29 is 4.92 Å². The molecule has 0 atom stereocenters. The van der Waals surface area contributed by atoms with Crippen molar-refractivity contribution in [2.75, 3.05) is 11.1 Å². The molecule has 6 heteroatoms. The molecule has 1 aromatic heterocycles. The lowest BCUT2D eigenvalue weighted by Crippen LogP contribution is -1.98. The fraction of sp³-hybridized carbons (Fsp3) is 0.125. The monoisotopic (exact) mass is 257 g/mol. The van der Waals surface area contributed by atoms with Gasteiger partial charge in [-0.3, -0.25) is 10.1 Å². The lowest BCUT2D eigenvalue weighted by Gasteiger charge is -1.97. The first-order valence-corrected chi connectivity index (χ1v) is 4.89. The summed E-state index contributed by atoms with van der Waals surface area (Å²) in [6, 6.07) is 1.39. The number of pyridine rings is 1. The molecule has 1 heterocycles. The van der Waals surface area contributed by atoms with Crippen molar-refractivity contribution in [2.45, 2.75) is 0 Å². The first kappa shape index (κ1) is 10.6. The Morgan fingerprint density at radius 2 is 2.43 bits per heavy atom. The second-order valence-corrected chi connectivity index (χ2v) is 3.13. The predicted octanol–water partition coefficient (Wildman–Crippen LogP) is 1.98. The van der Waals surface area contributed by atoms with Crippen LogP contribution in [0.15, 0.2) is 18.3 Å². The van der Waals surface area contributed by atoms with E-state index in [1.54, 1.807) is 6.08 Å². The van der Waals surface area contributed by atoms with Crippen LogP contribution < -0.4 is 5.73 Å². The number of nitrogens with two attached hydrogens (primary N) is 1. The summed E-state index contributed by atoms with van der Waals surface area (Å²) in [6.07, 6.45) is 5.03. The molecule has 0 aliphatic rings. The van der Waals surface area contributed by atoms with Crippen LogP contribution in [0.5, 0.6) is 0 Å². The van der Waals surface area contributed by atoms with E-state index in [0.29, 0.717) is 10.9 Å². The van der Waals surface area contributed by atoms with Gasteiger partial charge in [0.25, 0.3) is 0 Å². The van der Waals surface area contributed by atoms with Crippen LogP contribution in [0.1, 0.15) is 5.56 Å². The number of nitrogens with zero attached hydrogens (tertiary/aromatic N) is 2. The van der Waals surface area contributed by atoms with E-state index in [9.17, 15) is 10.1 Å². The zero-order valence-corrected chi connectivity index (χ0v) is 8.77. The standard InChI is InChI=1S/C8H8BrN3O2/c9-3-1-2-6-4-7(12(13)14)8(10)11-5-6/h1-2,4-5H,3H2,(H2,10,11). The van der Waals surface area contributed by atoms with E-state index in [1.165, 1.54) is 12.3 Å². The molecule has 0 spiro atoms. The molecule has 5 nitrogen and oxygen atoms in total. The zero-order valence-electron chi connectivity index (χ0n) is 7.18. The molecule has 0 aromatic carbocycles. The van der Waals surface area contributed by atoms with E-state index in [0.717, 1.165) is 0 Å². The Morgan fingerprint density at radius 3 is 3.00 bits per heavy atom. The number of allylic oxidation sites excluding steroid dienone is 1. The molecule has 14 heavy (non-hydrogen) atoms. The highest BCUT2D eigenvalue weighted by atomic mass is 79.9. The molecular formula is C8H8BrN3O2. The van der Waals surface area contributed by atoms with Gasteiger partial charge in [-0.2, -0.15) is 0 Å². The number of nitro groups is 1. The third kappa shape index (κ3) is 2.53. The van der Waals surface area contributed by atoms with Gasteiger partial charge in [-0.05, 0) is 5.56 Å². The van der Waals surface area contributed by atoms with Crippen LogP contribution in [0.4, 0.5) is 11.5 Å². The van der Waals surface area contributed by atoms with E-state index in [1.807, 2.05) is 6.08 Å². The van der Waals surface area contributed by atoms with E-state index in [2.05, 4.69) is 20.9 Å². The minimum absolute atomic E-state index is 0.0639. The van der Waals surface area contributed by atoms with Crippen molar-refractivity contribution >= 4 is 33.5 Å². The number of rotatable bonds is 3. The quantitative estimate of drug-likeness (QED) is 0.510. The first-order valence-electron chi connectivity index (χ1n) is 3.77. The Morgan fingerprint density at radius 1 is 1.71 bits per heavy atom. The molecule has 0 fully saturated rings. The fourth-order valence-electron chi connectivity index (χ4n) is 0.897. The molecule has 1 aromatic rings. The van der Waals surface area contributed by atoms with Gasteiger partial charge in [0.2, 0.25) is 5.82 Å². The molecule has 0 bridgehead atoms. The maximum atomic E-state index is 10.5. The number of nitrogen functional groups attached to an aromatic ring is 1. The van der Waals surface area contributed by atoms with Gasteiger partial charge in [0.1, 0.15) is 0 Å². The van der Waals surface area contributed by atoms with Crippen molar-refractivity contribution in [3.8, 4) is 0 Å². The van der Waals surface area contributed by atoms with Crippen LogP contribution in [0.25, 0.3) is 6.08 Å². The average molecular weight is 258 g/mol. The maximum Gasteiger partial charge on any atom is 0.311 e. The highest BCUT2D eigenvalue weighted by molar-refractivity contribution is 9.09. The van der Waals surface area contributed by atoms with Gasteiger partial charge >= 0.3 is 5.69 Å². The van der Waals surface area contributed by atoms with E-state index >= 15 is 0 Å². The molecule has 1 rings (SSSR count). The van der Waals surface area contributed by atoms with E-state index in [-0.39, 0.29) is 11.5 Å². The Balaban J connectivity index is 3.06. The minimum atomic E-state index is -0.548. The molecule has 0 saturated carbocycles. The number of alkyl halides is 1. The molecule has 0 aliphatic heterocycles. The van der Waals surface area contributed by atoms with Gasteiger partial charge in [0.15, 0.2) is 0 Å². The fourth-order valence-corrected chi connectivity index (χ4v) is 1.08. The van der Waals surface area contributed by atoms with Crippen molar-refractivity contribution in [1.82, 2.24) is 4.98 Å². The molecule has 0 radical (unpaired) electrons. The average Bonchev–Trinajstić information content (AvgIpc) is 2.16. The Kier molecular flexibility index (Phi) is 3.58. The second-order valence-electron chi connectivity index (χ2n) is 2.49. The van der Waals surface area contributed by atoms with Crippen molar-refractivity contribution in [1.29, 1.82) is 0 Å². The van der Waals surface area contributed by atoms with Gasteiger partial charge in [0, 0.05) is 17.6 Å². The number of hydrogen-bond donors (Lipinski definition) is 1. The second kappa shape index (κ2) is 4.71. The van der Waals surface area contributed by atoms with Crippen molar-refractivity contribution in [3.05, 3.63) is 34.0 Å². The highest BCUT2D eigenvalue weighted by Gasteiger charge is 2.11. The summed E-state index contributed by atoms with van der Waals surface area (Å²) in [7, 11) is 0. The zero-order chi connectivity index (χ0) is 10.6. The van der Waals surface area contributed by atoms with Crippen LogP contribution in [0.3, 0.4) is 0 Å². The van der Waals surface area contributed by atoms with Crippen LogP contribution >= 0.6 is 15.9 Å². The summed E-state index contributed by atoms with van der Waals surface area (Å²) < 4.78 is 0. The molecular weight excluding hydrogens is 250 g/mol. The van der Waals surface area contributed by atoms with Gasteiger partial charge < -0.3 is 5.73 Å². The summed E-state index contributed by atoms with van der Waals surface area (Å²) in [4.78, 5) is 13.7. The highest BCUT2D eigenvalue weighted by Crippen LogP contribution is 2.20. The predicted molar refractivity (Wildman–Crippen MR) is 58.1 cm³/mol. The first-order chi connectivity index (χ1) is 6.65.